The molecule has 0 atom stereocenters. The molecule has 1 aromatic carbocycles. The summed E-state index contributed by atoms with van der Waals surface area (Å²) >= 11 is 3.28. The molecule has 0 unspecified atom stereocenters. The van der Waals surface area contributed by atoms with Gasteiger partial charge in [-0.25, -0.2) is 4.39 Å². The molecule has 78 valence electrons. The summed E-state index contributed by atoms with van der Waals surface area (Å²) < 4.78 is 18.7. The Balaban J connectivity index is 2.92. The number of hydrogen-bond acceptors (Lipinski definition) is 1. The van der Waals surface area contributed by atoms with Crippen molar-refractivity contribution in [1.82, 2.24) is 0 Å². The fourth-order valence-electron chi connectivity index (χ4n) is 1.11. The van der Waals surface area contributed by atoms with Gasteiger partial charge in [-0.05, 0) is 38.5 Å². The first kappa shape index (κ1) is 11.5. The quantitative estimate of drug-likeness (QED) is 0.733. The molecular formula is C11H14BrFO. The molecule has 1 nitrogen and oxygen atoms in total. The molecule has 14 heavy (non-hydrogen) atoms. The Morgan fingerprint density at radius 1 is 1.29 bits per heavy atom. The van der Waals surface area contributed by atoms with Gasteiger partial charge >= 0.3 is 0 Å². The lowest BCUT2D eigenvalue weighted by molar-refractivity contribution is 0.130. The van der Waals surface area contributed by atoms with Crippen LogP contribution in [0.25, 0.3) is 0 Å². The fraction of sp³-hybridized carbons (Fsp3) is 0.455. The van der Waals surface area contributed by atoms with E-state index in [2.05, 4.69) is 15.9 Å². The van der Waals surface area contributed by atoms with E-state index in [0.717, 1.165) is 5.56 Å². The lowest BCUT2D eigenvalue weighted by Gasteiger charge is -2.21. The topological polar surface area (TPSA) is 9.23 Å². The molecule has 0 aliphatic heterocycles. The van der Waals surface area contributed by atoms with Crippen molar-refractivity contribution >= 4 is 15.9 Å². The minimum Gasteiger partial charge on any atom is -0.488 e. The lowest BCUT2D eigenvalue weighted by atomic mass is 10.2. The van der Waals surface area contributed by atoms with E-state index in [0.29, 0.717) is 11.1 Å². The number of alkyl halides is 1. The molecule has 1 rings (SSSR count). The third-order valence-corrected chi connectivity index (χ3v) is 2.16. The molecule has 0 spiro atoms. The highest BCUT2D eigenvalue weighted by Gasteiger charge is 2.12. The van der Waals surface area contributed by atoms with E-state index in [-0.39, 0.29) is 11.4 Å². The van der Waals surface area contributed by atoms with Crippen LogP contribution < -0.4 is 4.74 Å². The van der Waals surface area contributed by atoms with Crippen LogP contribution >= 0.6 is 15.9 Å². The van der Waals surface area contributed by atoms with Gasteiger partial charge in [-0.3, -0.25) is 0 Å². The van der Waals surface area contributed by atoms with Crippen molar-refractivity contribution in [3.8, 4) is 5.75 Å². The molecule has 0 aromatic heterocycles. The molecule has 0 heterocycles. The van der Waals surface area contributed by atoms with Crippen LogP contribution in [0.1, 0.15) is 26.3 Å². The van der Waals surface area contributed by atoms with Crippen LogP contribution in [0, 0.1) is 5.82 Å². The molecule has 0 radical (unpaired) electrons. The van der Waals surface area contributed by atoms with Crippen LogP contribution in [-0.2, 0) is 5.33 Å². The second kappa shape index (κ2) is 4.30. The Kier molecular flexibility index (Phi) is 3.53. The van der Waals surface area contributed by atoms with Crippen molar-refractivity contribution in [2.24, 2.45) is 0 Å². The molecule has 0 aliphatic carbocycles. The molecule has 0 fully saturated rings. The molecule has 1 aromatic rings. The van der Waals surface area contributed by atoms with E-state index in [4.69, 9.17) is 4.74 Å². The maximum Gasteiger partial charge on any atom is 0.127 e. The predicted octanol–water partition coefficient (Wildman–Crippen LogP) is 3.90. The highest BCUT2D eigenvalue weighted by molar-refractivity contribution is 9.08. The number of ether oxygens (including phenoxy) is 1. The molecule has 0 saturated heterocycles. The van der Waals surface area contributed by atoms with Gasteiger partial charge in [0, 0.05) is 11.4 Å². The van der Waals surface area contributed by atoms with E-state index in [1.165, 1.54) is 12.1 Å². The summed E-state index contributed by atoms with van der Waals surface area (Å²) in [5.74, 6) is 0.313. The van der Waals surface area contributed by atoms with Crippen molar-refractivity contribution in [3.05, 3.63) is 29.6 Å². The van der Waals surface area contributed by atoms with E-state index in [1.54, 1.807) is 0 Å². The minimum atomic E-state index is -0.294. The number of halogens is 2. The van der Waals surface area contributed by atoms with Gasteiger partial charge in [0.2, 0.25) is 0 Å². The standard InChI is InChI=1S/C11H14BrFO/c1-11(2,3)14-10-5-8(7-12)4-9(13)6-10/h4-6H,7H2,1-3H3. The largest absolute Gasteiger partial charge is 0.488 e. The molecule has 3 heteroatoms. The van der Waals surface area contributed by atoms with Gasteiger partial charge in [-0.2, -0.15) is 0 Å². The molecule has 0 N–H and O–H groups in total. The third kappa shape index (κ3) is 3.66. The Bertz CT molecular complexity index is 318. The number of hydrogen-bond donors (Lipinski definition) is 0. The van der Waals surface area contributed by atoms with Gasteiger partial charge in [0.25, 0.3) is 0 Å². The maximum absolute atomic E-state index is 13.1. The highest BCUT2D eigenvalue weighted by Crippen LogP contribution is 2.22. The third-order valence-electron chi connectivity index (χ3n) is 1.51. The van der Waals surface area contributed by atoms with Gasteiger partial charge in [0.1, 0.15) is 17.2 Å². The molecular weight excluding hydrogens is 247 g/mol. The summed E-state index contributed by atoms with van der Waals surface area (Å²) in [4.78, 5) is 0. The van der Waals surface area contributed by atoms with Crippen molar-refractivity contribution < 1.29 is 9.13 Å². The lowest BCUT2D eigenvalue weighted by Crippen LogP contribution is -2.23. The van der Waals surface area contributed by atoms with Gasteiger partial charge in [0.05, 0.1) is 0 Å². The monoisotopic (exact) mass is 260 g/mol. The summed E-state index contributed by atoms with van der Waals surface area (Å²) in [6.07, 6.45) is 0. The number of rotatable bonds is 2. The second-order valence-corrected chi connectivity index (χ2v) is 4.70. The smallest absolute Gasteiger partial charge is 0.127 e. The first-order chi connectivity index (χ1) is 6.40. The van der Waals surface area contributed by atoms with E-state index in [1.807, 2.05) is 26.8 Å². The average molecular weight is 261 g/mol. The summed E-state index contributed by atoms with van der Waals surface area (Å²) in [5.41, 5.74) is 0.585. The fourth-order valence-corrected chi connectivity index (χ4v) is 1.43. The first-order valence-electron chi connectivity index (χ1n) is 4.45. The van der Waals surface area contributed by atoms with Crippen LogP contribution in [0.3, 0.4) is 0 Å². The number of benzene rings is 1. The second-order valence-electron chi connectivity index (χ2n) is 4.14. The van der Waals surface area contributed by atoms with Crippen molar-refractivity contribution in [3.63, 3.8) is 0 Å². The predicted molar refractivity (Wildman–Crippen MR) is 59.4 cm³/mol. The van der Waals surface area contributed by atoms with E-state index < -0.39 is 0 Å². The van der Waals surface area contributed by atoms with Crippen LogP contribution in [-0.4, -0.2) is 5.60 Å². The zero-order chi connectivity index (χ0) is 10.8. The average Bonchev–Trinajstić information content (AvgIpc) is 1.99. The summed E-state index contributed by atoms with van der Waals surface area (Å²) in [5, 5.41) is 0.630. The Labute approximate surface area is 92.4 Å². The summed E-state index contributed by atoms with van der Waals surface area (Å²) in [6, 6.07) is 4.73. The summed E-state index contributed by atoms with van der Waals surface area (Å²) in [7, 11) is 0. The van der Waals surface area contributed by atoms with Crippen molar-refractivity contribution in [1.29, 1.82) is 0 Å². The van der Waals surface area contributed by atoms with Crippen LogP contribution in [0.15, 0.2) is 18.2 Å². The zero-order valence-electron chi connectivity index (χ0n) is 8.60. The van der Waals surface area contributed by atoms with Gasteiger partial charge in [0.15, 0.2) is 0 Å². The minimum absolute atomic E-state index is 0.263. The first-order valence-corrected chi connectivity index (χ1v) is 5.57. The molecule has 0 bridgehead atoms. The van der Waals surface area contributed by atoms with Crippen LogP contribution in [0.5, 0.6) is 5.75 Å². The molecule has 0 saturated carbocycles. The Morgan fingerprint density at radius 3 is 2.43 bits per heavy atom. The van der Waals surface area contributed by atoms with E-state index in [9.17, 15) is 4.39 Å². The van der Waals surface area contributed by atoms with Gasteiger partial charge in [-0.1, -0.05) is 15.9 Å². The maximum atomic E-state index is 13.1. The van der Waals surface area contributed by atoms with Crippen LogP contribution in [0.2, 0.25) is 0 Å². The molecule has 0 aliphatic rings. The van der Waals surface area contributed by atoms with Gasteiger partial charge < -0.3 is 4.74 Å². The van der Waals surface area contributed by atoms with E-state index >= 15 is 0 Å². The normalized spacial score (nSPS) is 11.5. The SMILES string of the molecule is CC(C)(C)Oc1cc(F)cc(CBr)c1. The molecule has 0 amide bonds. The van der Waals surface area contributed by atoms with Crippen molar-refractivity contribution in [2.75, 3.05) is 0 Å². The van der Waals surface area contributed by atoms with Crippen LogP contribution in [0.4, 0.5) is 4.39 Å². The summed E-state index contributed by atoms with van der Waals surface area (Å²) in [6.45, 7) is 5.81. The highest BCUT2D eigenvalue weighted by atomic mass is 79.9. The Hall–Kier alpha value is -0.570. The Morgan fingerprint density at radius 2 is 1.93 bits per heavy atom. The van der Waals surface area contributed by atoms with Crippen molar-refractivity contribution in [2.45, 2.75) is 31.7 Å². The zero-order valence-corrected chi connectivity index (χ0v) is 10.2. The van der Waals surface area contributed by atoms with Gasteiger partial charge in [-0.15, -0.1) is 0 Å².